The van der Waals surface area contributed by atoms with E-state index in [4.69, 9.17) is 11.6 Å². The summed E-state index contributed by atoms with van der Waals surface area (Å²) in [6, 6.07) is 9.88. The summed E-state index contributed by atoms with van der Waals surface area (Å²) in [5, 5.41) is 0. The molecule has 0 radical (unpaired) electrons. The lowest BCUT2D eigenvalue weighted by molar-refractivity contribution is -0.127. The van der Waals surface area contributed by atoms with Gasteiger partial charge in [0.05, 0.1) is 16.6 Å². The number of thiophene rings is 1. The quantitative estimate of drug-likeness (QED) is 0.763. The van der Waals surface area contributed by atoms with Crippen molar-refractivity contribution in [3.05, 3.63) is 51.4 Å². The molecule has 0 aliphatic carbocycles. The number of hydrogen-bond acceptors (Lipinski definition) is 3. The fraction of sp³-hybridized carbons (Fsp3) is 0.214. The van der Waals surface area contributed by atoms with Crippen molar-refractivity contribution in [2.24, 2.45) is 0 Å². The molecule has 106 valence electrons. The van der Waals surface area contributed by atoms with Gasteiger partial charge in [-0.15, -0.1) is 23.1 Å². The highest BCUT2D eigenvalue weighted by Gasteiger charge is 2.11. The van der Waals surface area contributed by atoms with Gasteiger partial charge in [0.1, 0.15) is 5.82 Å². The zero-order valence-corrected chi connectivity index (χ0v) is 13.2. The second-order valence-electron chi connectivity index (χ2n) is 4.20. The second-order valence-corrected chi connectivity index (χ2v) is 7.05. The number of carbonyl (C=O) groups is 1. The van der Waals surface area contributed by atoms with Gasteiger partial charge in [-0.25, -0.2) is 4.39 Å². The Morgan fingerprint density at radius 1 is 1.30 bits per heavy atom. The number of rotatable bonds is 5. The Morgan fingerprint density at radius 3 is 2.60 bits per heavy atom. The van der Waals surface area contributed by atoms with Gasteiger partial charge in [0, 0.05) is 16.8 Å². The number of carbonyl (C=O) groups excluding carboxylic acids is 1. The Labute approximate surface area is 130 Å². The Balaban J connectivity index is 1.83. The SMILES string of the molecule is CN(Cc1ccc(Cl)s1)C(=O)CSc1ccc(F)cc1. The molecule has 0 atom stereocenters. The maximum atomic E-state index is 12.8. The van der Waals surface area contributed by atoms with Crippen molar-refractivity contribution < 1.29 is 9.18 Å². The minimum atomic E-state index is -0.271. The van der Waals surface area contributed by atoms with E-state index < -0.39 is 0 Å². The molecule has 0 unspecified atom stereocenters. The van der Waals surface area contributed by atoms with Crippen LogP contribution in [0.3, 0.4) is 0 Å². The van der Waals surface area contributed by atoms with Crippen LogP contribution < -0.4 is 0 Å². The van der Waals surface area contributed by atoms with Crippen molar-refractivity contribution in [2.75, 3.05) is 12.8 Å². The fourth-order valence-corrected chi connectivity index (χ4v) is 3.52. The Kier molecular flexibility index (Phi) is 5.46. The molecule has 1 heterocycles. The molecule has 1 amide bonds. The van der Waals surface area contributed by atoms with Gasteiger partial charge in [-0.1, -0.05) is 11.6 Å². The predicted molar refractivity (Wildman–Crippen MR) is 82.9 cm³/mol. The standard InChI is InChI=1S/C14H13ClFNOS2/c1-17(8-12-6-7-13(15)20-12)14(18)9-19-11-4-2-10(16)3-5-11/h2-7H,8-9H2,1H3. The first-order valence-corrected chi connectivity index (χ1v) is 8.09. The van der Waals surface area contributed by atoms with Crippen molar-refractivity contribution in [1.82, 2.24) is 4.90 Å². The van der Waals surface area contributed by atoms with Crippen LogP contribution in [0.4, 0.5) is 4.39 Å². The first-order chi connectivity index (χ1) is 9.54. The Bertz CT molecular complexity index is 585. The molecule has 2 aromatic rings. The molecule has 0 bridgehead atoms. The topological polar surface area (TPSA) is 20.3 Å². The third-order valence-electron chi connectivity index (χ3n) is 2.62. The molecule has 0 aliphatic rings. The van der Waals surface area contributed by atoms with E-state index >= 15 is 0 Å². The summed E-state index contributed by atoms with van der Waals surface area (Å²) in [6.45, 7) is 0.556. The van der Waals surface area contributed by atoms with Gasteiger partial charge in [0.25, 0.3) is 0 Å². The summed E-state index contributed by atoms with van der Waals surface area (Å²) in [4.78, 5) is 15.6. The van der Waals surface area contributed by atoms with E-state index in [-0.39, 0.29) is 11.7 Å². The van der Waals surface area contributed by atoms with E-state index in [2.05, 4.69) is 0 Å². The molecular weight excluding hydrogens is 317 g/mol. The van der Waals surface area contributed by atoms with E-state index in [1.165, 1.54) is 35.2 Å². The Morgan fingerprint density at radius 2 is 2.00 bits per heavy atom. The molecule has 0 saturated heterocycles. The minimum Gasteiger partial charge on any atom is -0.340 e. The predicted octanol–water partition coefficient (Wildman–Crippen LogP) is 4.29. The Hall–Kier alpha value is -1.04. The summed E-state index contributed by atoms with van der Waals surface area (Å²) in [5.74, 6) is 0.0949. The van der Waals surface area contributed by atoms with Gasteiger partial charge < -0.3 is 4.90 Å². The number of nitrogens with zero attached hydrogens (tertiary/aromatic N) is 1. The van der Waals surface area contributed by atoms with Gasteiger partial charge in [0.2, 0.25) is 5.91 Å². The van der Waals surface area contributed by atoms with E-state index in [0.717, 1.165) is 14.1 Å². The number of thioether (sulfide) groups is 1. The number of amides is 1. The smallest absolute Gasteiger partial charge is 0.233 e. The number of benzene rings is 1. The van der Waals surface area contributed by atoms with Crippen LogP contribution in [-0.2, 0) is 11.3 Å². The molecule has 2 rings (SSSR count). The maximum absolute atomic E-state index is 12.8. The van der Waals surface area contributed by atoms with Gasteiger partial charge in [-0.05, 0) is 36.4 Å². The van der Waals surface area contributed by atoms with E-state index in [1.807, 2.05) is 12.1 Å². The van der Waals surface area contributed by atoms with Crippen molar-refractivity contribution in [3.63, 3.8) is 0 Å². The largest absolute Gasteiger partial charge is 0.340 e. The van der Waals surface area contributed by atoms with Crippen molar-refractivity contribution in [3.8, 4) is 0 Å². The normalized spacial score (nSPS) is 10.6. The average Bonchev–Trinajstić information content (AvgIpc) is 2.83. The highest BCUT2D eigenvalue weighted by molar-refractivity contribution is 8.00. The molecule has 0 N–H and O–H groups in total. The summed E-state index contributed by atoms with van der Waals surface area (Å²) in [5.41, 5.74) is 0. The molecule has 1 aromatic carbocycles. The van der Waals surface area contributed by atoms with Gasteiger partial charge in [-0.3, -0.25) is 4.79 Å². The molecule has 1 aromatic heterocycles. The molecular formula is C14H13ClFNOS2. The first-order valence-electron chi connectivity index (χ1n) is 5.91. The van der Waals surface area contributed by atoms with Crippen molar-refractivity contribution in [1.29, 1.82) is 0 Å². The van der Waals surface area contributed by atoms with Crippen molar-refractivity contribution >= 4 is 40.6 Å². The van der Waals surface area contributed by atoms with Gasteiger partial charge >= 0.3 is 0 Å². The highest BCUT2D eigenvalue weighted by atomic mass is 35.5. The summed E-state index contributed by atoms with van der Waals surface area (Å²) in [7, 11) is 1.77. The van der Waals surface area contributed by atoms with E-state index in [0.29, 0.717) is 12.3 Å². The van der Waals surface area contributed by atoms with Crippen LogP contribution in [0.5, 0.6) is 0 Å². The van der Waals surface area contributed by atoms with Crippen LogP contribution >= 0.6 is 34.7 Å². The molecule has 0 saturated carbocycles. The number of hydrogen-bond donors (Lipinski definition) is 0. The van der Waals surface area contributed by atoms with Crippen LogP contribution in [0.1, 0.15) is 4.88 Å². The monoisotopic (exact) mass is 329 g/mol. The zero-order chi connectivity index (χ0) is 14.5. The highest BCUT2D eigenvalue weighted by Crippen LogP contribution is 2.23. The second kappa shape index (κ2) is 7.11. The van der Waals surface area contributed by atoms with Crippen LogP contribution in [0.15, 0.2) is 41.3 Å². The van der Waals surface area contributed by atoms with Crippen LogP contribution in [-0.4, -0.2) is 23.6 Å². The van der Waals surface area contributed by atoms with Gasteiger partial charge in [0.15, 0.2) is 0 Å². The molecule has 2 nitrogen and oxygen atoms in total. The average molecular weight is 330 g/mol. The lowest BCUT2D eigenvalue weighted by Crippen LogP contribution is -2.27. The van der Waals surface area contributed by atoms with E-state index in [9.17, 15) is 9.18 Å². The zero-order valence-electron chi connectivity index (χ0n) is 10.8. The third-order valence-corrected chi connectivity index (χ3v) is 4.84. The molecule has 20 heavy (non-hydrogen) atoms. The lowest BCUT2D eigenvalue weighted by Gasteiger charge is -2.15. The first kappa shape index (κ1) is 15.4. The molecule has 0 spiro atoms. The summed E-state index contributed by atoms with van der Waals surface area (Å²) < 4.78 is 13.5. The maximum Gasteiger partial charge on any atom is 0.233 e. The molecule has 0 aliphatic heterocycles. The number of halogens is 2. The fourth-order valence-electron chi connectivity index (χ4n) is 1.54. The van der Waals surface area contributed by atoms with Crippen molar-refractivity contribution in [2.45, 2.75) is 11.4 Å². The van der Waals surface area contributed by atoms with E-state index in [1.54, 1.807) is 24.1 Å². The summed E-state index contributed by atoms with van der Waals surface area (Å²) in [6.07, 6.45) is 0. The van der Waals surface area contributed by atoms with Crippen LogP contribution in [0.2, 0.25) is 4.34 Å². The van der Waals surface area contributed by atoms with Crippen LogP contribution in [0.25, 0.3) is 0 Å². The molecule has 6 heteroatoms. The molecule has 0 fully saturated rings. The summed E-state index contributed by atoms with van der Waals surface area (Å²) >= 11 is 8.73. The third kappa shape index (κ3) is 4.51. The van der Waals surface area contributed by atoms with Gasteiger partial charge in [-0.2, -0.15) is 0 Å². The minimum absolute atomic E-state index is 0.0313. The lowest BCUT2D eigenvalue weighted by atomic mass is 10.4. The van der Waals surface area contributed by atoms with Crippen LogP contribution in [0, 0.1) is 5.82 Å².